The number of halogens is 1. The van der Waals surface area contributed by atoms with Crippen molar-refractivity contribution in [2.45, 2.75) is 32.2 Å². The lowest BCUT2D eigenvalue weighted by Crippen LogP contribution is -2.44. The van der Waals surface area contributed by atoms with Crippen molar-refractivity contribution in [3.05, 3.63) is 23.8 Å². The molecule has 1 aliphatic heterocycles. The van der Waals surface area contributed by atoms with E-state index in [1.807, 2.05) is 25.2 Å². The molecule has 0 radical (unpaired) electrons. The molecule has 1 amide bonds. The van der Waals surface area contributed by atoms with Crippen LogP contribution in [0.25, 0.3) is 0 Å². The molecule has 0 aromatic heterocycles. The second-order valence-electron chi connectivity index (χ2n) is 6.04. The van der Waals surface area contributed by atoms with Gasteiger partial charge in [0, 0.05) is 20.1 Å². The molecule has 1 saturated carbocycles. The van der Waals surface area contributed by atoms with Crippen LogP contribution in [0, 0.1) is 5.41 Å². The lowest BCUT2D eigenvalue weighted by atomic mass is 9.84. The van der Waals surface area contributed by atoms with Gasteiger partial charge in [0.05, 0.1) is 5.41 Å². The molecule has 122 valence electrons. The Bertz CT molecular complexity index is 544. The van der Waals surface area contributed by atoms with Gasteiger partial charge in [0.2, 0.25) is 12.7 Å². The van der Waals surface area contributed by atoms with Crippen LogP contribution in [-0.4, -0.2) is 31.2 Å². The van der Waals surface area contributed by atoms with E-state index < -0.39 is 0 Å². The van der Waals surface area contributed by atoms with E-state index >= 15 is 0 Å². The van der Waals surface area contributed by atoms with Crippen LogP contribution in [0.5, 0.6) is 11.5 Å². The quantitative estimate of drug-likeness (QED) is 0.922. The third-order valence-electron chi connectivity index (χ3n) is 4.61. The van der Waals surface area contributed by atoms with Gasteiger partial charge in [-0.05, 0) is 30.5 Å². The van der Waals surface area contributed by atoms with E-state index in [1.54, 1.807) is 4.90 Å². The van der Waals surface area contributed by atoms with E-state index in [2.05, 4.69) is 0 Å². The number of hydrogen-bond acceptors (Lipinski definition) is 4. The standard InChI is InChI=1S/C16H22N2O3.ClH/c1-18(15(19)16(10-17)6-2-3-7-16)9-12-4-5-13-14(8-12)21-11-20-13;/h4-5,8H,2-3,6-7,9-11,17H2,1H3;1H. The fourth-order valence-corrected chi connectivity index (χ4v) is 3.35. The zero-order chi connectivity index (χ0) is 14.9. The first kappa shape index (κ1) is 16.9. The molecule has 0 atom stereocenters. The molecule has 6 heteroatoms. The van der Waals surface area contributed by atoms with E-state index in [0.29, 0.717) is 13.1 Å². The largest absolute Gasteiger partial charge is 0.454 e. The summed E-state index contributed by atoms with van der Waals surface area (Å²) in [5.74, 6) is 1.69. The first-order valence-corrected chi connectivity index (χ1v) is 7.49. The Kier molecular flexibility index (Phi) is 5.19. The first-order valence-electron chi connectivity index (χ1n) is 7.49. The number of fused-ring (bicyclic) bond motifs is 1. The van der Waals surface area contributed by atoms with Crippen molar-refractivity contribution in [3.8, 4) is 11.5 Å². The minimum absolute atomic E-state index is 0. The first-order chi connectivity index (χ1) is 10.1. The van der Waals surface area contributed by atoms with Gasteiger partial charge < -0.3 is 20.1 Å². The number of carbonyl (C=O) groups excluding carboxylic acids is 1. The predicted molar refractivity (Wildman–Crippen MR) is 86.2 cm³/mol. The molecule has 0 saturated heterocycles. The smallest absolute Gasteiger partial charge is 0.231 e. The summed E-state index contributed by atoms with van der Waals surface area (Å²) >= 11 is 0. The van der Waals surface area contributed by atoms with Crippen LogP contribution in [0.2, 0.25) is 0 Å². The highest BCUT2D eigenvalue weighted by atomic mass is 35.5. The second-order valence-corrected chi connectivity index (χ2v) is 6.04. The number of amides is 1. The molecule has 1 heterocycles. The Balaban J connectivity index is 0.00000176. The zero-order valence-corrected chi connectivity index (χ0v) is 13.7. The zero-order valence-electron chi connectivity index (χ0n) is 12.8. The summed E-state index contributed by atoms with van der Waals surface area (Å²) in [5, 5.41) is 0. The van der Waals surface area contributed by atoms with Crippen molar-refractivity contribution in [1.82, 2.24) is 4.90 Å². The molecule has 0 unspecified atom stereocenters. The number of nitrogens with two attached hydrogens (primary N) is 1. The number of carbonyl (C=O) groups is 1. The summed E-state index contributed by atoms with van der Waals surface area (Å²) in [7, 11) is 1.85. The van der Waals surface area contributed by atoms with E-state index in [1.165, 1.54) is 0 Å². The minimum Gasteiger partial charge on any atom is -0.454 e. The van der Waals surface area contributed by atoms with E-state index in [9.17, 15) is 4.79 Å². The maximum Gasteiger partial charge on any atom is 0.231 e. The second kappa shape index (κ2) is 6.75. The molecule has 1 aromatic rings. The summed E-state index contributed by atoms with van der Waals surface area (Å²) in [6.07, 6.45) is 4.02. The van der Waals surface area contributed by atoms with Crippen molar-refractivity contribution >= 4 is 18.3 Å². The number of rotatable bonds is 4. The van der Waals surface area contributed by atoms with Gasteiger partial charge in [0.1, 0.15) is 0 Å². The van der Waals surface area contributed by atoms with Crippen molar-refractivity contribution in [1.29, 1.82) is 0 Å². The monoisotopic (exact) mass is 326 g/mol. The van der Waals surface area contributed by atoms with Crippen molar-refractivity contribution in [2.24, 2.45) is 11.1 Å². The predicted octanol–water partition coefficient (Wildman–Crippen LogP) is 2.31. The average molecular weight is 327 g/mol. The van der Waals surface area contributed by atoms with Crippen LogP contribution < -0.4 is 15.2 Å². The number of benzene rings is 1. The van der Waals surface area contributed by atoms with Gasteiger partial charge in [-0.1, -0.05) is 18.9 Å². The molecule has 3 rings (SSSR count). The summed E-state index contributed by atoms with van der Waals surface area (Å²) in [4.78, 5) is 14.5. The molecule has 5 nitrogen and oxygen atoms in total. The summed E-state index contributed by atoms with van der Waals surface area (Å²) < 4.78 is 10.7. The van der Waals surface area contributed by atoms with Gasteiger partial charge in [0.15, 0.2) is 11.5 Å². The Hall–Kier alpha value is -1.46. The molecule has 0 spiro atoms. The molecule has 1 aliphatic carbocycles. The molecule has 1 fully saturated rings. The SMILES string of the molecule is CN(Cc1ccc2c(c1)OCO2)C(=O)C1(CN)CCCC1.Cl. The van der Waals surface area contributed by atoms with Crippen molar-refractivity contribution < 1.29 is 14.3 Å². The van der Waals surface area contributed by atoms with Gasteiger partial charge in [-0.25, -0.2) is 0 Å². The van der Waals surface area contributed by atoms with Gasteiger partial charge in [0.25, 0.3) is 0 Å². The minimum atomic E-state index is -0.342. The van der Waals surface area contributed by atoms with Crippen LogP contribution >= 0.6 is 12.4 Å². The topological polar surface area (TPSA) is 64.8 Å². The summed E-state index contributed by atoms with van der Waals surface area (Å²) in [6.45, 7) is 1.28. The Morgan fingerprint density at radius 1 is 1.27 bits per heavy atom. The van der Waals surface area contributed by atoms with Crippen molar-refractivity contribution in [2.75, 3.05) is 20.4 Å². The Labute approximate surface area is 137 Å². The van der Waals surface area contributed by atoms with Crippen LogP contribution in [0.3, 0.4) is 0 Å². The van der Waals surface area contributed by atoms with Crippen LogP contribution in [0.4, 0.5) is 0 Å². The fourth-order valence-electron chi connectivity index (χ4n) is 3.35. The van der Waals surface area contributed by atoms with Gasteiger partial charge in [-0.15, -0.1) is 12.4 Å². The van der Waals surface area contributed by atoms with E-state index in [4.69, 9.17) is 15.2 Å². The summed E-state index contributed by atoms with van der Waals surface area (Å²) in [6, 6.07) is 5.81. The third kappa shape index (κ3) is 3.01. The average Bonchev–Trinajstić information content (AvgIpc) is 3.15. The lowest BCUT2D eigenvalue weighted by Gasteiger charge is -2.31. The van der Waals surface area contributed by atoms with Crippen LogP contribution in [0.1, 0.15) is 31.2 Å². The number of nitrogens with zero attached hydrogens (tertiary/aromatic N) is 1. The van der Waals surface area contributed by atoms with Crippen LogP contribution in [-0.2, 0) is 11.3 Å². The Morgan fingerprint density at radius 3 is 2.64 bits per heavy atom. The highest BCUT2D eigenvalue weighted by Crippen LogP contribution is 2.39. The molecular formula is C16H23ClN2O3. The lowest BCUT2D eigenvalue weighted by molar-refractivity contribution is -0.140. The molecule has 22 heavy (non-hydrogen) atoms. The van der Waals surface area contributed by atoms with Crippen molar-refractivity contribution in [3.63, 3.8) is 0 Å². The highest BCUT2D eigenvalue weighted by Gasteiger charge is 2.41. The van der Waals surface area contributed by atoms with Gasteiger partial charge >= 0.3 is 0 Å². The van der Waals surface area contributed by atoms with Crippen LogP contribution in [0.15, 0.2) is 18.2 Å². The van der Waals surface area contributed by atoms with E-state index in [0.717, 1.165) is 42.7 Å². The fraction of sp³-hybridized carbons (Fsp3) is 0.562. The maximum absolute atomic E-state index is 12.7. The molecule has 2 aliphatic rings. The van der Waals surface area contributed by atoms with Gasteiger partial charge in [-0.2, -0.15) is 0 Å². The number of ether oxygens (including phenoxy) is 2. The Morgan fingerprint density at radius 2 is 1.95 bits per heavy atom. The van der Waals surface area contributed by atoms with E-state index in [-0.39, 0.29) is 30.5 Å². The molecule has 2 N–H and O–H groups in total. The summed E-state index contributed by atoms with van der Waals surface area (Å²) in [5.41, 5.74) is 6.59. The molecular weight excluding hydrogens is 304 g/mol. The maximum atomic E-state index is 12.7. The highest BCUT2D eigenvalue weighted by molar-refractivity contribution is 5.85. The third-order valence-corrected chi connectivity index (χ3v) is 4.61. The number of hydrogen-bond donors (Lipinski definition) is 1. The molecule has 1 aromatic carbocycles. The normalized spacial score (nSPS) is 17.9. The molecule has 0 bridgehead atoms. The van der Waals surface area contributed by atoms with Gasteiger partial charge in [-0.3, -0.25) is 4.79 Å².